The maximum Gasteiger partial charge on any atom is 0.266 e. The number of thiocarbonyl (C=S) groups is 1. The molecule has 1 aliphatic heterocycles. The quantitative estimate of drug-likeness (QED) is 0.397. The van der Waals surface area contributed by atoms with E-state index in [1.54, 1.807) is 36.4 Å². The second kappa shape index (κ2) is 9.62. The molecule has 3 aromatic carbocycles. The van der Waals surface area contributed by atoms with Gasteiger partial charge in [0.15, 0.2) is 11.7 Å². The van der Waals surface area contributed by atoms with Gasteiger partial charge in [-0.2, -0.15) is 0 Å². The van der Waals surface area contributed by atoms with Gasteiger partial charge < -0.3 is 10.1 Å². The number of anilines is 2. The van der Waals surface area contributed by atoms with Crippen LogP contribution in [0, 0.1) is 13.8 Å². The fourth-order valence-corrected chi connectivity index (χ4v) is 4.03. The molecule has 0 spiro atoms. The van der Waals surface area contributed by atoms with Crippen LogP contribution in [0.15, 0.2) is 60.7 Å². The molecule has 1 heterocycles. The molecule has 0 aromatic heterocycles. The number of rotatable bonds is 5. The molecule has 0 atom stereocenters. The Balaban J connectivity index is 1.37. The van der Waals surface area contributed by atoms with Gasteiger partial charge in [-0.05, 0) is 68.0 Å². The highest BCUT2D eigenvalue weighted by Gasteiger charge is 2.36. The first-order valence-corrected chi connectivity index (χ1v) is 11.1. The molecular weight excluding hydrogens is 474 g/mol. The third kappa shape index (κ3) is 4.78. The van der Waals surface area contributed by atoms with Crippen molar-refractivity contribution in [2.24, 2.45) is 0 Å². The highest BCUT2D eigenvalue weighted by molar-refractivity contribution is 7.80. The van der Waals surface area contributed by atoms with Gasteiger partial charge in [-0.1, -0.05) is 41.4 Å². The van der Waals surface area contributed by atoms with Gasteiger partial charge in [-0.3, -0.25) is 19.7 Å². The maximum atomic E-state index is 12.7. The van der Waals surface area contributed by atoms with Gasteiger partial charge >= 0.3 is 0 Å². The lowest BCUT2D eigenvalue weighted by Crippen LogP contribution is -2.37. The first kappa shape index (κ1) is 23.4. The number of ether oxygens (including phenoxy) is 1. The van der Waals surface area contributed by atoms with Gasteiger partial charge in [0.25, 0.3) is 17.7 Å². The van der Waals surface area contributed by atoms with Crippen LogP contribution in [0.5, 0.6) is 5.75 Å². The van der Waals surface area contributed by atoms with E-state index in [-0.39, 0.29) is 16.7 Å². The predicted octanol–water partition coefficient (Wildman–Crippen LogP) is 4.65. The van der Waals surface area contributed by atoms with Crippen molar-refractivity contribution in [3.05, 3.63) is 87.9 Å². The molecule has 3 amide bonds. The number of nitrogens with zero attached hydrogens (tertiary/aromatic N) is 1. The molecule has 3 aromatic rings. The molecule has 0 saturated heterocycles. The first-order chi connectivity index (χ1) is 16.2. The Morgan fingerprint density at radius 2 is 1.68 bits per heavy atom. The third-order valence-electron chi connectivity index (χ3n) is 5.20. The monoisotopic (exact) mass is 493 g/mol. The van der Waals surface area contributed by atoms with E-state index >= 15 is 0 Å². The van der Waals surface area contributed by atoms with Gasteiger partial charge in [0.05, 0.1) is 27.5 Å². The molecule has 0 unspecified atom stereocenters. The average molecular weight is 494 g/mol. The summed E-state index contributed by atoms with van der Waals surface area (Å²) in [6.07, 6.45) is 0. The average Bonchev–Trinajstić information content (AvgIpc) is 3.05. The van der Waals surface area contributed by atoms with Crippen LogP contribution in [-0.4, -0.2) is 29.4 Å². The number of imide groups is 1. The molecule has 9 heteroatoms. The number of hydrogen-bond donors (Lipinski definition) is 2. The van der Waals surface area contributed by atoms with Gasteiger partial charge in [-0.15, -0.1) is 0 Å². The maximum absolute atomic E-state index is 12.7. The van der Waals surface area contributed by atoms with E-state index in [0.717, 1.165) is 16.0 Å². The molecule has 7 nitrogen and oxygen atoms in total. The van der Waals surface area contributed by atoms with E-state index in [2.05, 4.69) is 10.6 Å². The Kier molecular flexibility index (Phi) is 6.63. The molecule has 0 saturated carbocycles. The molecular formula is C25H20ClN3O4S. The summed E-state index contributed by atoms with van der Waals surface area (Å²) >= 11 is 11.6. The summed E-state index contributed by atoms with van der Waals surface area (Å²) in [6.45, 7) is 3.67. The van der Waals surface area contributed by atoms with E-state index in [4.69, 9.17) is 28.6 Å². The van der Waals surface area contributed by atoms with Crippen LogP contribution < -0.4 is 20.3 Å². The van der Waals surface area contributed by atoms with Crippen molar-refractivity contribution in [2.45, 2.75) is 13.8 Å². The summed E-state index contributed by atoms with van der Waals surface area (Å²) in [5, 5.41) is 5.62. The fourth-order valence-electron chi connectivity index (χ4n) is 3.59. The number of amides is 3. The SMILES string of the molecule is Cc1ccc(OCC(=O)NC(=S)Nc2ccc(N3C(=O)c4ccccc4C3=O)cc2Cl)c(C)c1. The number of halogens is 1. The summed E-state index contributed by atoms with van der Waals surface area (Å²) in [4.78, 5) is 38.6. The van der Waals surface area contributed by atoms with Crippen LogP contribution >= 0.6 is 23.8 Å². The number of nitrogens with one attached hydrogen (secondary N) is 2. The molecule has 0 radical (unpaired) electrons. The van der Waals surface area contributed by atoms with Crippen LogP contribution in [0.2, 0.25) is 5.02 Å². The van der Waals surface area contributed by atoms with Gasteiger partial charge in [0.1, 0.15) is 5.75 Å². The largest absolute Gasteiger partial charge is 0.483 e. The Hall–Kier alpha value is -3.75. The molecule has 4 rings (SSSR count). The number of fused-ring (bicyclic) bond motifs is 1. The van der Waals surface area contributed by atoms with E-state index in [9.17, 15) is 14.4 Å². The topological polar surface area (TPSA) is 87.7 Å². The summed E-state index contributed by atoms with van der Waals surface area (Å²) in [5.41, 5.74) is 3.46. The molecule has 34 heavy (non-hydrogen) atoms. The Labute approximate surface area is 206 Å². The van der Waals surface area contributed by atoms with Crippen LogP contribution in [0.1, 0.15) is 31.8 Å². The zero-order valence-corrected chi connectivity index (χ0v) is 19.9. The molecule has 0 bridgehead atoms. The molecule has 172 valence electrons. The fraction of sp³-hybridized carbons (Fsp3) is 0.120. The minimum absolute atomic E-state index is 0.0320. The lowest BCUT2D eigenvalue weighted by Gasteiger charge is -2.16. The molecule has 1 aliphatic rings. The zero-order chi connectivity index (χ0) is 24.4. The summed E-state index contributed by atoms with van der Waals surface area (Å²) < 4.78 is 5.55. The Morgan fingerprint density at radius 3 is 2.29 bits per heavy atom. The number of carbonyl (C=O) groups is 3. The smallest absolute Gasteiger partial charge is 0.266 e. The highest BCUT2D eigenvalue weighted by Crippen LogP contribution is 2.32. The second-order valence-electron chi connectivity index (χ2n) is 7.72. The Bertz CT molecular complexity index is 1310. The number of benzene rings is 3. The van der Waals surface area contributed by atoms with Crippen LogP contribution in [0.3, 0.4) is 0 Å². The second-order valence-corrected chi connectivity index (χ2v) is 8.53. The minimum atomic E-state index is -0.434. The van der Waals surface area contributed by atoms with Crippen molar-refractivity contribution in [1.29, 1.82) is 0 Å². The zero-order valence-electron chi connectivity index (χ0n) is 18.3. The van der Waals surface area contributed by atoms with E-state index < -0.39 is 17.7 Å². The molecule has 0 fully saturated rings. The van der Waals surface area contributed by atoms with Gasteiger partial charge in [-0.25, -0.2) is 4.90 Å². The predicted molar refractivity (Wildman–Crippen MR) is 135 cm³/mol. The van der Waals surface area contributed by atoms with Crippen molar-refractivity contribution < 1.29 is 19.1 Å². The lowest BCUT2D eigenvalue weighted by molar-refractivity contribution is -0.121. The van der Waals surface area contributed by atoms with Crippen LogP contribution in [0.4, 0.5) is 11.4 Å². The summed E-state index contributed by atoms with van der Waals surface area (Å²) in [5.74, 6) is -0.643. The van der Waals surface area contributed by atoms with Gasteiger partial charge in [0, 0.05) is 0 Å². The first-order valence-electron chi connectivity index (χ1n) is 10.3. The van der Waals surface area contributed by atoms with Crippen LogP contribution in [0.25, 0.3) is 0 Å². The standard InChI is InChI=1S/C25H20ClN3O4S/c1-14-7-10-21(15(2)11-14)33-13-22(30)28-25(34)27-20-9-8-16(12-19(20)26)29-23(31)17-5-3-4-6-18(17)24(29)32/h3-12H,13H2,1-2H3,(H2,27,28,30,34). The van der Waals surface area contributed by atoms with Gasteiger partial charge in [0.2, 0.25) is 0 Å². The van der Waals surface area contributed by atoms with Crippen molar-refractivity contribution in [3.8, 4) is 5.75 Å². The number of hydrogen-bond acceptors (Lipinski definition) is 5. The van der Waals surface area contributed by atoms with Crippen molar-refractivity contribution >= 4 is 58.0 Å². The summed E-state index contributed by atoms with van der Waals surface area (Å²) in [6, 6.07) is 16.9. The van der Waals surface area contributed by atoms with E-state index in [1.165, 1.54) is 6.07 Å². The number of carbonyl (C=O) groups excluding carboxylic acids is 3. The summed E-state index contributed by atoms with van der Waals surface area (Å²) in [7, 11) is 0. The van der Waals surface area contributed by atoms with Crippen molar-refractivity contribution in [3.63, 3.8) is 0 Å². The Morgan fingerprint density at radius 1 is 1.00 bits per heavy atom. The van der Waals surface area contributed by atoms with Crippen molar-refractivity contribution in [1.82, 2.24) is 5.32 Å². The van der Waals surface area contributed by atoms with E-state index in [1.807, 2.05) is 32.0 Å². The molecule has 2 N–H and O–H groups in total. The highest BCUT2D eigenvalue weighted by atomic mass is 35.5. The van der Waals surface area contributed by atoms with Crippen LogP contribution in [-0.2, 0) is 4.79 Å². The number of aryl methyl sites for hydroxylation is 2. The molecule has 0 aliphatic carbocycles. The van der Waals surface area contributed by atoms with E-state index in [0.29, 0.717) is 28.3 Å². The normalized spacial score (nSPS) is 12.4. The lowest BCUT2D eigenvalue weighted by atomic mass is 10.1. The van der Waals surface area contributed by atoms with Crippen molar-refractivity contribution in [2.75, 3.05) is 16.8 Å². The third-order valence-corrected chi connectivity index (χ3v) is 5.71. The minimum Gasteiger partial charge on any atom is -0.483 e.